The van der Waals surface area contributed by atoms with Crippen molar-refractivity contribution in [1.29, 1.82) is 0 Å². The van der Waals surface area contributed by atoms with Crippen molar-refractivity contribution in [3.8, 4) is 5.69 Å². The van der Waals surface area contributed by atoms with Gasteiger partial charge in [-0.1, -0.05) is 17.3 Å². The Morgan fingerprint density at radius 1 is 1.50 bits per heavy atom. The highest BCUT2D eigenvalue weighted by molar-refractivity contribution is 6.00. The fourth-order valence-electron chi connectivity index (χ4n) is 1.55. The van der Waals surface area contributed by atoms with Crippen molar-refractivity contribution in [2.24, 2.45) is 10.9 Å². The average Bonchev–Trinajstić information content (AvgIpc) is 2.81. The highest BCUT2D eigenvalue weighted by atomic mass is 16.4. The second-order valence-electron chi connectivity index (χ2n) is 3.30. The number of hydrogen-bond acceptors (Lipinski definition) is 4. The van der Waals surface area contributed by atoms with Crippen LogP contribution in [0, 0.1) is 6.92 Å². The zero-order chi connectivity index (χ0) is 11.5. The molecule has 0 radical (unpaired) electrons. The van der Waals surface area contributed by atoms with E-state index in [0.717, 1.165) is 11.3 Å². The maximum atomic E-state index is 8.72. The topological polar surface area (TPSA) is 89.3 Å². The lowest BCUT2D eigenvalue weighted by Gasteiger charge is -2.10. The zero-order valence-electron chi connectivity index (χ0n) is 8.70. The molecule has 0 spiro atoms. The maximum Gasteiger partial charge on any atom is 0.172 e. The molecule has 0 saturated carbocycles. The number of aromatic nitrogens is 3. The summed E-state index contributed by atoms with van der Waals surface area (Å²) in [7, 11) is 0. The summed E-state index contributed by atoms with van der Waals surface area (Å²) in [5.74, 6) is 0.0502. The van der Waals surface area contributed by atoms with Crippen molar-refractivity contribution >= 4 is 5.84 Å². The molecule has 6 heteroatoms. The lowest BCUT2D eigenvalue weighted by molar-refractivity contribution is 0.318. The summed E-state index contributed by atoms with van der Waals surface area (Å²) in [6, 6.07) is 5.52. The molecular formula is C10H11N5O. The van der Waals surface area contributed by atoms with Gasteiger partial charge in [0, 0.05) is 5.56 Å². The number of nitrogens with zero attached hydrogens (tertiary/aromatic N) is 4. The lowest BCUT2D eigenvalue weighted by Crippen LogP contribution is -2.17. The molecule has 82 valence electrons. The van der Waals surface area contributed by atoms with Gasteiger partial charge >= 0.3 is 0 Å². The van der Waals surface area contributed by atoms with E-state index in [-0.39, 0.29) is 5.84 Å². The smallest absolute Gasteiger partial charge is 0.172 e. The molecule has 0 fully saturated rings. The third-order valence-electron chi connectivity index (χ3n) is 2.27. The number of benzene rings is 1. The van der Waals surface area contributed by atoms with Crippen molar-refractivity contribution in [3.05, 3.63) is 42.0 Å². The van der Waals surface area contributed by atoms with Gasteiger partial charge in [0.1, 0.15) is 12.7 Å². The lowest BCUT2D eigenvalue weighted by atomic mass is 10.1. The second kappa shape index (κ2) is 4.01. The molecule has 0 saturated heterocycles. The van der Waals surface area contributed by atoms with E-state index in [1.165, 1.54) is 6.33 Å². The highest BCUT2D eigenvalue weighted by Crippen LogP contribution is 2.17. The molecular weight excluding hydrogens is 206 g/mol. The molecule has 2 aromatic rings. The predicted octanol–water partition coefficient (Wildman–Crippen LogP) is 0.670. The van der Waals surface area contributed by atoms with Gasteiger partial charge in [0.05, 0.1) is 5.69 Å². The predicted molar refractivity (Wildman–Crippen MR) is 58.6 cm³/mol. The van der Waals surface area contributed by atoms with E-state index < -0.39 is 0 Å². The fourth-order valence-corrected chi connectivity index (χ4v) is 1.55. The molecule has 0 aliphatic heterocycles. The summed E-state index contributed by atoms with van der Waals surface area (Å²) in [6.07, 6.45) is 3.00. The quantitative estimate of drug-likeness (QED) is 0.335. The summed E-state index contributed by atoms with van der Waals surface area (Å²) in [6.45, 7) is 1.92. The molecule has 1 heterocycles. The molecule has 2 rings (SSSR count). The average molecular weight is 217 g/mol. The summed E-state index contributed by atoms with van der Waals surface area (Å²) >= 11 is 0. The Labute approximate surface area is 92.0 Å². The molecule has 0 unspecified atom stereocenters. The van der Waals surface area contributed by atoms with E-state index in [4.69, 9.17) is 10.9 Å². The molecule has 6 nitrogen and oxygen atoms in total. The molecule has 0 atom stereocenters. The SMILES string of the molecule is Cc1cccc(/C(N)=N/O)c1-n1cncn1. The summed E-state index contributed by atoms with van der Waals surface area (Å²) in [5.41, 5.74) is 7.95. The Morgan fingerprint density at radius 3 is 2.94 bits per heavy atom. The Morgan fingerprint density at radius 2 is 2.31 bits per heavy atom. The number of oxime groups is 1. The minimum Gasteiger partial charge on any atom is -0.409 e. The van der Waals surface area contributed by atoms with Crippen LogP contribution in [0.4, 0.5) is 0 Å². The molecule has 0 bridgehead atoms. The van der Waals surface area contributed by atoms with Crippen LogP contribution in [0.3, 0.4) is 0 Å². The van der Waals surface area contributed by atoms with Crippen LogP contribution in [0.25, 0.3) is 5.69 Å². The van der Waals surface area contributed by atoms with Gasteiger partial charge in [-0.25, -0.2) is 9.67 Å². The van der Waals surface area contributed by atoms with Crippen LogP contribution in [0.1, 0.15) is 11.1 Å². The van der Waals surface area contributed by atoms with E-state index in [1.807, 2.05) is 19.1 Å². The Hall–Kier alpha value is -2.37. The minimum atomic E-state index is 0.0502. The van der Waals surface area contributed by atoms with Crippen LogP contribution in [0.5, 0.6) is 0 Å². The van der Waals surface area contributed by atoms with Crippen molar-refractivity contribution in [1.82, 2.24) is 14.8 Å². The highest BCUT2D eigenvalue weighted by Gasteiger charge is 2.11. The Kier molecular flexibility index (Phi) is 2.55. The number of nitrogens with two attached hydrogens (primary N) is 1. The summed E-state index contributed by atoms with van der Waals surface area (Å²) in [4.78, 5) is 3.87. The van der Waals surface area contributed by atoms with Gasteiger partial charge in [0.25, 0.3) is 0 Å². The molecule has 0 aliphatic rings. The van der Waals surface area contributed by atoms with Crippen molar-refractivity contribution < 1.29 is 5.21 Å². The molecule has 0 aliphatic carbocycles. The van der Waals surface area contributed by atoms with E-state index in [1.54, 1.807) is 17.1 Å². The number of hydrogen-bond donors (Lipinski definition) is 2. The zero-order valence-corrected chi connectivity index (χ0v) is 8.70. The van der Waals surface area contributed by atoms with Gasteiger partial charge in [-0.15, -0.1) is 0 Å². The first-order valence-electron chi connectivity index (χ1n) is 4.66. The number of rotatable bonds is 2. The van der Waals surface area contributed by atoms with E-state index in [9.17, 15) is 0 Å². The normalized spacial score (nSPS) is 11.7. The molecule has 1 aromatic carbocycles. The largest absolute Gasteiger partial charge is 0.409 e. The number of aryl methyl sites for hydroxylation is 1. The van der Waals surface area contributed by atoms with Crippen LogP contribution in [0.15, 0.2) is 36.0 Å². The van der Waals surface area contributed by atoms with Crippen LogP contribution >= 0.6 is 0 Å². The van der Waals surface area contributed by atoms with E-state index in [0.29, 0.717) is 5.56 Å². The van der Waals surface area contributed by atoms with Gasteiger partial charge in [-0.05, 0) is 18.6 Å². The van der Waals surface area contributed by atoms with Crippen molar-refractivity contribution in [3.63, 3.8) is 0 Å². The van der Waals surface area contributed by atoms with Gasteiger partial charge in [0.2, 0.25) is 0 Å². The van der Waals surface area contributed by atoms with Gasteiger partial charge in [0.15, 0.2) is 5.84 Å². The van der Waals surface area contributed by atoms with E-state index in [2.05, 4.69) is 15.2 Å². The van der Waals surface area contributed by atoms with Crippen LogP contribution < -0.4 is 5.73 Å². The summed E-state index contributed by atoms with van der Waals surface area (Å²) in [5, 5.41) is 15.8. The molecule has 1 aromatic heterocycles. The van der Waals surface area contributed by atoms with Crippen molar-refractivity contribution in [2.45, 2.75) is 6.92 Å². The molecule has 16 heavy (non-hydrogen) atoms. The first-order chi connectivity index (χ1) is 7.74. The van der Waals surface area contributed by atoms with Gasteiger partial charge < -0.3 is 10.9 Å². The standard InChI is InChI=1S/C10H11N5O/c1-7-3-2-4-8(10(11)14-16)9(7)15-6-12-5-13-15/h2-6,16H,1H3,(H2,11,14). The Balaban J connectivity index is 2.67. The minimum absolute atomic E-state index is 0.0502. The summed E-state index contributed by atoms with van der Waals surface area (Å²) < 4.78 is 1.59. The van der Waals surface area contributed by atoms with Crippen LogP contribution in [0.2, 0.25) is 0 Å². The maximum absolute atomic E-state index is 8.72. The molecule has 0 amide bonds. The monoisotopic (exact) mass is 217 g/mol. The van der Waals surface area contributed by atoms with Gasteiger partial charge in [-0.3, -0.25) is 0 Å². The van der Waals surface area contributed by atoms with Crippen LogP contribution in [-0.2, 0) is 0 Å². The Bertz CT molecular complexity index is 518. The first kappa shape index (κ1) is 10.2. The number of amidine groups is 1. The first-order valence-corrected chi connectivity index (χ1v) is 4.66. The second-order valence-corrected chi connectivity index (χ2v) is 3.30. The fraction of sp³-hybridized carbons (Fsp3) is 0.100. The number of para-hydroxylation sites is 1. The third-order valence-corrected chi connectivity index (χ3v) is 2.27. The van der Waals surface area contributed by atoms with Crippen molar-refractivity contribution in [2.75, 3.05) is 0 Å². The molecule has 3 N–H and O–H groups in total. The van der Waals surface area contributed by atoms with E-state index >= 15 is 0 Å². The third kappa shape index (κ3) is 1.60. The van der Waals surface area contributed by atoms with Crippen LogP contribution in [-0.4, -0.2) is 25.8 Å². The van der Waals surface area contributed by atoms with Gasteiger partial charge in [-0.2, -0.15) is 5.10 Å².